The molecule has 67 heavy (non-hydrogen) atoms. The van der Waals surface area contributed by atoms with E-state index in [1.54, 1.807) is 41.3 Å². The van der Waals surface area contributed by atoms with E-state index in [0.717, 1.165) is 113 Å². The number of amides is 6. The number of rotatable bonds is 12. The van der Waals surface area contributed by atoms with E-state index in [9.17, 15) is 28.8 Å². The highest BCUT2D eigenvalue weighted by atomic mass is 16.5. The Balaban J connectivity index is 0.000000182. The van der Waals surface area contributed by atoms with Gasteiger partial charge in [-0.15, -0.1) is 0 Å². The van der Waals surface area contributed by atoms with Crippen LogP contribution < -0.4 is 31.7 Å². The number of carbonyl (C=O) groups is 6. The third-order valence-corrected chi connectivity index (χ3v) is 14.1. The first-order valence-corrected chi connectivity index (χ1v) is 23.6. The predicted octanol–water partition coefficient (Wildman–Crippen LogP) is 3.20. The van der Waals surface area contributed by atoms with Gasteiger partial charge in [-0.05, 0) is 131 Å². The second-order valence-corrected chi connectivity index (χ2v) is 18.4. The molecule has 6 heterocycles. The van der Waals surface area contributed by atoms with Crippen LogP contribution in [-0.4, -0.2) is 146 Å². The number of anilines is 1. The number of imide groups is 2. The average molecular weight is 915 g/mol. The molecule has 4 fully saturated rings. The van der Waals surface area contributed by atoms with Gasteiger partial charge < -0.3 is 41.1 Å². The number of hydrogen-bond acceptors (Lipinski definition) is 13. The van der Waals surface area contributed by atoms with E-state index in [-0.39, 0.29) is 36.1 Å². The molecule has 6 N–H and O–H groups in total. The number of carbonyl (C=O) groups excluding carboxylic acids is 6. The zero-order valence-corrected chi connectivity index (χ0v) is 38.2. The van der Waals surface area contributed by atoms with E-state index >= 15 is 0 Å². The van der Waals surface area contributed by atoms with Crippen LogP contribution in [0.3, 0.4) is 0 Å². The van der Waals surface area contributed by atoms with Crippen LogP contribution in [0, 0.1) is 11.8 Å². The number of primary amides is 1. The molecule has 6 amide bonds. The monoisotopic (exact) mass is 914 g/mol. The molecule has 2 atom stereocenters. The molecule has 4 saturated heterocycles. The van der Waals surface area contributed by atoms with Crippen molar-refractivity contribution < 1.29 is 33.5 Å². The maximum atomic E-state index is 13.1. The molecule has 17 heteroatoms. The topological polar surface area (TPSA) is 216 Å². The van der Waals surface area contributed by atoms with Crippen molar-refractivity contribution in [2.75, 3.05) is 77.4 Å². The van der Waals surface area contributed by atoms with Gasteiger partial charge in [-0.2, -0.15) is 0 Å². The van der Waals surface area contributed by atoms with Gasteiger partial charge >= 0.3 is 0 Å². The summed E-state index contributed by atoms with van der Waals surface area (Å²) >= 11 is 0. The lowest BCUT2D eigenvalue weighted by molar-refractivity contribution is -0.136. The SMILES string of the molecule is CN1CCN(CCC2CCN(c3ccc4c(c3)C(=O)N(C3CCC(=O)NC3=O)C4=O)CC2)CC1.NC(=O)/C(C1=NCCC(C2CCN(C=O)CC2)N1)=C(/N)c1ccc(Oc2ccccc2)cc1. The van der Waals surface area contributed by atoms with Crippen LogP contribution in [-0.2, 0) is 19.2 Å². The molecule has 0 bridgehead atoms. The maximum Gasteiger partial charge on any atom is 0.262 e. The van der Waals surface area contributed by atoms with Crippen molar-refractivity contribution in [3.05, 3.63) is 95.1 Å². The number of likely N-dealkylation sites (tertiary alicyclic amines) is 1. The van der Waals surface area contributed by atoms with E-state index in [4.69, 9.17) is 16.2 Å². The van der Waals surface area contributed by atoms with Crippen LogP contribution in [0.25, 0.3) is 5.70 Å². The lowest BCUT2D eigenvalue weighted by atomic mass is 9.86. The first kappa shape index (κ1) is 46.9. The number of para-hydroxylation sites is 1. The smallest absolute Gasteiger partial charge is 0.262 e. The summed E-state index contributed by atoms with van der Waals surface area (Å²) in [6, 6.07) is 21.3. The molecule has 0 aliphatic carbocycles. The molecule has 9 rings (SSSR count). The summed E-state index contributed by atoms with van der Waals surface area (Å²) in [4.78, 5) is 87.7. The summed E-state index contributed by atoms with van der Waals surface area (Å²) in [7, 11) is 2.18. The molecule has 2 unspecified atom stereocenters. The van der Waals surface area contributed by atoms with Gasteiger partial charge in [0.15, 0.2) is 0 Å². The van der Waals surface area contributed by atoms with Crippen molar-refractivity contribution in [3.63, 3.8) is 0 Å². The fraction of sp³-hybridized carbons (Fsp3) is 0.460. The standard InChI is InChI=1S/C25H33N5O4.C25H29N5O3/c1-27-12-14-28(15-13-27)9-6-17-7-10-29(11-8-17)18-2-3-19-20(16-18)25(34)30(24(19)33)21-4-5-22(31)26-23(21)32;26-23(18-6-8-20(9-7-18)33-19-4-2-1-3-5-19)22(24(27)32)25-28-13-10-21(29-25)17-11-14-30(16-31)15-12-17/h2-3,16-17,21H,4-15H2,1H3,(H,26,31,32);1-9,16-17,21H,10-15,26H2,(H2,27,32)(H,28,29)/b;23-22-. The second-order valence-electron chi connectivity index (χ2n) is 18.4. The van der Waals surface area contributed by atoms with Gasteiger partial charge in [0.25, 0.3) is 17.7 Å². The van der Waals surface area contributed by atoms with Gasteiger partial charge in [0.05, 0.1) is 16.8 Å². The summed E-state index contributed by atoms with van der Waals surface area (Å²) in [6.45, 7) is 9.75. The highest BCUT2D eigenvalue weighted by Gasteiger charge is 2.45. The quantitative estimate of drug-likeness (QED) is 0.117. The molecular formula is C50H62N10O7. The Kier molecular flexibility index (Phi) is 15.0. The van der Waals surface area contributed by atoms with Crippen LogP contribution in [0.15, 0.2) is 83.4 Å². The second kappa shape index (κ2) is 21.4. The number of piperidine rings is 3. The van der Waals surface area contributed by atoms with Gasteiger partial charge in [-0.25, -0.2) is 0 Å². The van der Waals surface area contributed by atoms with E-state index in [1.165, 1.54) is 13.0 Å². The number of fused-ring (bicyclic) bond motifs is 1. The Morgan fingerprint density at radius 3 is 2.15 bits per heavy atom. The lowest BCUT2D eigenvalue weighted by Gasteiger charge is -2.37. The number of likely N-dealkylation sites (N-methyl/N-ethyl adjacent to an activating group) is 1. The number of nitrogens with zero attached hydrogens (tertiary/aromatic N) is 6. The Morgan fingerprint density at radius 1 is 0.791 bits per heavy atom. The normalized spacial score (nSPS) is 22.5. The third-order valence-electron chi connectivity index (χ3n) is 14.1. The number of ether oxygens (including phenoxy) is 1. The van der Waals surface area contributed by atoms with Crippen LogP contribution in [0.1, 0.15) is 77.6 Å². The molecule has 354 valence electrons. The number of nitrogens with two attached hydrogens (primary N) is 2. The number of benzene rings is 3. The van der Waals surface area contributed by atoms with E-state index in [2.05, 4.69) is 37.4 Å². The van der Waals surface area contributed by atoms with Gasteiger partial charge in [0.2, 0.25) is 18.2 Å². The molecule has 0 spiro atoms. The zero-order valence-electron chi connectivity index (χ0n) is 38.2. The number of nitrogens with one attached hydrogen (secondary N) is 2. The number of aliphatic imine (C=N–C) groups is 1. The predicted molar refractivity (Wildman–Crippen MR) is 254 cm³/mol. The van der Waals surface area contributed by atoms with Crippen LogP contribution >= 0.6 is 0 Å². The summed E-state index contributed by atoms with van der Waals surface area (Å²) in [5, 5.41) is 5.65. The Bertz CT molecular complexity index is 2370. The number of piperazine rings is 1. The molecule has 3 aromatic rings. The van der Waals surface area contributed by atoms with Gasteiger partial charge in [-0.3, -0.25) is 44.0 Å². The Morgan fingerprint density at radius 2 is 1.48 bits per heavy atom. The molecule has 0 aromatic heterocycles. The fourth-order valence-electron chi connectivity index (χ4n) is 9.96. The van der Waals surface area contributed by atoms with Gasteiger partial charge in [0.1, 0.15) is 28.9 Å². The summed E-state index contributed by atoms with van der Waals surface area (Å²) in [5.74, 6) is 0.482. The molecule has 3 aromatic carbocycles. The maximum absolute atomic E-state index is 13.1. The molecule has 17 nitrogen and oxygen atoms in total. The summed E-state index contributed by atoms with van der Waals surface area (Å²) < 4.78 is 5.82. The highest BCUT2D eigenvalue weighted by molar-refractivity contribution is 6.25. The van der Waals surface area contributed by atoms with Crippen LogP contribution in [0.4, 0.5) is 5.69 Å². The minimum atomic E-state index is -0.926. The Labute approximate surface area is 391 Å². The zero-order chi connectivity index (χ0) is 47.0. The first-order valence-electron chi connectivity index (χ1n) is 23.6. The molecule has 6 aliphatic rings. The molecule has 0 radical (unpaired) electrons. The van der Waals surface area contributed by atoms with Crippen molar-refractivity contribution in [3.8, 4) is 11.5 Å². The molecule has 0 saturated carbocycles. The third kappa shape index (κ3) is 11.2. The van der Waals surface area contributed by atoms with Crippen molar-refractivity contribution in [1.82, 2.24) is 30.2 Å². The largest absolute Gasteiger partial charge is 0.457 e. The molecular weight excluding hydrogens is 853 g/mol. The van der Waals surface area contributed by atoms with Gasteiger partial charge in [-0.1, -0.05) is 18.2 Å². The van der Waals surface area contributed by atoms with E-state index in [1.807, 2.05) is 36.4 Å². The lowest BCUT2D eigenvalue weighted by Crippen LogP contribution is -2.54. The van der Waals surface area contributed by atoms with Crippen molar-refractivity contribution in [2.24, 2.45) is 28.3 Å². The van der Waals surface area contributed by atoms with E-state index in [0.29, 0.717) is 40.7 Å². The minimum Gasteiger partial charge on any atom is -0.457 e. The van der Waals surface area contributed by atoms with Crippen molar-refractivity contribution >= 4 is 53.2 Å². The summed E-state index contributed by atoms with van der Waals surface area (Å²) in [6.07, 6.45) is 7.38. The van der Waals surface area contributed by atoms with E-state index < -0.39 is 29.7 Å². The van der Waals surface area contributed by atoms with Crippen molar-refractivity contribution in [2.45, 2.75) is 63.5 Å². The van der Waals surface area contributed by atoms with Crippen LogP contribution in [0.2, 0.25) is 0 Å². The first-order chi connectivity index (χ1) is 32.4. The average Bonchev–Trinajstić information content (AvgIpc) is 3.59. The minimum absolute atomic E-state index is 0.124. The summed E-state index contributed by atoms with van der Waals surface area (Å²) in [5.41, 5.74) is 14.9. The molecule has 6 aliphatic heterocycles. The van der Waals surface area contributed by atoms with Crippen molar-refractivity contribution in [1.29, 1.82) is 0 Å². The fourth-order valence-corrected chi connectivity index (χ4v) is 9.96. The van der Waals surface area contributed by atoms with Crippen LogP contribution in [0.5, 0.6) is 11.5 Å². The highest BCUT2D eigenvalue weighted by Crippen LogP contribution is 2.33. The van der Waals surface area contributed by atoms with Gasteiger partial charge in [0, 0.05) is 77.1 Å². The number of amidine groups is 1. The Hall–Kier alpha value is -6.59. The number of hydrogen-bond donors (Lipinski definition) is 4.